The minimum absolute atomic E-state index is 0.141. The summed E-state index contributed by atoms with van der Waals surface area (Å²) in [7, 11) is 0. The summed E-state index contributed by atoms with van der Waals surface area (Å²) in [4.78, 5) is 20.9. The smallest absolute Gasteiger partial charge is 0.252 e. The van der Waals surface area contributed by atoms with Gasteiger partial charge in [-0.25, -0.2) is 15.0 Å². The summed E-state index contributed by atoms with van der Waals surface area (Å²) < 4.78 is 2.41. The molecule has 0 N–H and O–H groups in total. The molecular formula is C95H73BN6. The van der Waals surface area contributed by atoms with Crippen LogP contribution in [-0.4, -0.2) is 26.2 Å². The van der Waals surface area contributed by atoms with Crippen LogP contribution in [0.15, 0.2) is 334 Å². The Morgan fingerprint density at radius 2 is 0.627 bits per heavy atom. The van der Waals surface area contributed by atoms with Gasteiger partial charge in [0.2, 0.25) is 0 Å². The first-order valence-corrected chi connectivity index (χ1v) is 35.4. The van der Waals surface area contributed by atoms with Crippen LogP contribution in [-0.2, 0) is 10.8 Å². The largest absolute Gasteiger partial charge is 0.311 e. The second-order valence-electron chi connectivity index (χ2n) is 29.2. The van der Waals surface area contributed by atoms with E-state index in [1.54, 1.807) is 0 Å². The molecule has 0 atom stereocenters. The number of benzene rings is 14. The Morgan fingerprint density at radius 1 is 0.255 bits per heavy atom. The summed E-state index contributed by atoms with van der Waals surface area (Å²) in [6.07, 6.45) is 0. The van der Waals surface area contributed by atoms with Crippen LogP contribution in [0.3, 0.4) is 0 Å². The third-order valence-corrected chi connectivity index (χ3v) is 20.7. The van der Waals surface area contributed by atoms with Crippen molar-refractivity contribution in [2.75, 3.05) is 9.80 Å². The van der Waals surface area contributed by atoms with E-state index in [-0.39, 0.29) is 17.5 Å². The predicted octanol–water partition coefficient (Wildman–Crippen LogP) is 23.0. The Bertz CT molecular complexity index is 5510. The zero-order valence-corrected chi connectivity index (χ0v) is 58.0. The fourth-order valence-electron chi connectivity index (χ4n) is 15.5. The molecule has 0 saturated carbocycles. The van der Waals surface area contributed by atoms with Crippen molar-refractivity contribution in [3.63, 3.8) is 0 Å². The molecule has 6 nitrogen and oxygen atoms in total. The molecule has 0 radical (unpaired) electrons. The molecule has 0 spiro atoms. The van der Waals surface area contributed by atoms with Gasteiger partial charge in [-0.15, -0.1) is 0 Å². The van der Waals surface area contributed by atoms with E-state index < -0.39 is 0 Å². The molecule has 2 aromatic heterocycles. The number of aromatic nitrogens is 4. The van der Waals surface area contributed by atoms with Crippen molar-refractivity contribution in [1.82, 2.24) is 19.5 Å². The number of nitrogens with zero attached hydrogens (tertiary/aromatic N) is 6. The number of anilines is 6. The molecule has 0 unspecified atom stereocenters. The van der Waals surface area contributed by atoms with E-state index in [0.29, 0.717) is 17.5 Å². The fraction of sp³-hybridized carbons (Fsp3) is 0.0842. The van der Waals surface area contributed by atoms with E-state index in [1.165, 1.54) is 27.5 Å². The first-order valence-electron chi connectivity index (χ1n) is 35.4. The summed E-state index contributed by atoms with van der Waals surface area (Å²) in [6, 6.07) is 123. The lowest BCUT2D eigenvalue weighted by molar-refractivity contribution is 0.590. The van der Waals surface area contributed by atoms with Crippen molar-refractivity contribution in [2.45, 2.75) is 52.4 Å². The summed E-state index contributed by atoms with van der Waals surface area (Å²) >= 11 is 0. The van der Waals surface area contributed by atoms with Crippen molar-refractivity contribution in [3.05, 3.63) is 345 Å². The van der Waals surface area contributed by atoms with Crippen LogP contribution >= 0.6 is 0 Å². The maximum atomic E-state index is 5.30. The van der Waals surface area contributed by atoms with Gasteiger partial charge in [0.25, 0.3) is 6.71 Å². The van der Waals surface area contributed by atoms with Crippen LogP contribution < -0.4 is 26.2 Å². The molecule has 4 heterocycles. The van der Waals surface area contributed by atoms with Gasteiger partial charge in [-0.2, -0.15) is 0 Å². The molecule has 0 aliphatic carbocycles. The monoisotopic (exact) mass is 1310 g/mol. The molecule has 0 amide bonds. The average molecular weight is 1310 g/mol. The van der Waals surface area contributed by atoms with Crippen molar-refractivity contribution in [3.8, 4) is 95.5 Å². The number of para-hydroxylation sites is 2. The highest BCUT2D eigenvalue weighted by Gasteiger charge is 2.45. The molecule has 486 valence electrons. The van der Waals surface area contributed by atoms with E-state index in [0.717, 1.165) is 134 Å². The van der Waals surface area contributed by atoms with Gasteiger partial charge < -0.3 is 14.4 Å². The lowest BCUT2D eigenvalue weighted by Gasteiger charge is -2.45. The molecule has 0 fully saturated rings. The summed E-state index contributed by atoms with van der Waals surface area (Å²) in [5, 5.41) is 2.27. The highest BCUT2D eigenvalue weighted by molar-refractivity contribution is 7.00. The molecule has 0 bridgehead atoms. The second kappa shape index (κ2) is 24.8. The van der Waals surface area contributed by atoms with Crippen molar-refractivity contribution >= 4 is 79.0 Å². The highest BCUT2D eigenvalue weighted by Crippen LogP contribution is 2.50. The number of rotatable bonds is 11. The number of hydrogen-bond acceptors (Lipinski definition) is 5. The van der Waals surface area contributed by atoms with Crippen LogP contribution in [0.25, 0.3) is 117 Å². The third-order valence-electron chi connectivity index (χ3n) is 20.7. The topological polar surface area (TPSA) is 50.1 Å². The Balaban J connectivity index is 0.924. The molecule has 14 aromatic carbocycles. The number of fused-ring (bicyclic) bond motifs is 7. The van der Waals surface area contributed by atoms with Gasteiger partial charge in [0.1, 0.15) is 0 Å². The molecule has 2 aliphatic rings. The predicted molar refractivity (Wildman–Crippen MR) is 429 cm³/mol. The summed E-state index contributed by atoms with van der Waals surface area (Å²) in [5.41, 5.74) is 30.1. The summed E-state index contributed by atoms with van der Waals surface area (Å²) in [5.74, 6) is 1.83. The van der Waals surface area contributed by atoms with Crippen LogP contribution in [0.4, 0.5) is 34.1 Å². The SMILES string of the molecule is CC(C)(C)c1ccc2c(c1)B1c3cc(C(C)(C)C)ccc3N(c3cc(-c4ccccc4)cc(-c4ccccc4)c3)c3cc(-c4ccc5c(c4)c4ccccc4n5-c4ccccc4-c4nc(-c5ccccc5)nc(-c5ccccc5)n4)cc(c31)N2c1cc(-c2ccccc2)cc(-c2ccccc2)c1. The zero-order chi connectivity index (χ0) is 68.8. The lowest BCUT2D eigenvalue weighted by Crippen LogP contribution is -2.61. The molecular weight excluding hydrogens is 1240 g/mol. The molecule has 102 heavy (non-hydrogen) atoms. The van der Waals surface area contributed by atoms with Gasteiger partial charge in [0, 0.05) is 61.6 Å². The van der Waals surface area contributed by atoms with E-state index in [9.17, 15) is 0 Å². The fourth-order valence-corrected chi connectivity index (χ4v) is 15.5. The molecule has 16 aromatic rings. The average Bonchev–Trinajstić information content (AvgIpc) is 0.809. The van der Waals surface area contributed by atoms with Crippen LogP contribution in [0.2, 0.25) is 0 Å². The zero-order valence-electron chi connectivity index (χ0n) is 58.0. The molecule has 0 saturated heterocycles. The minimum Gasteiger partial charge on any atom is -0.311 e. The number of hydrogen-bond donors (Lipinski definition) is 0. The summed E-state index contributed by atoms with van der Waals surface area (Å²) in [6.45, 7) is 13.9. The van der Waals surface area contributed by atoms with Crippen LogP contribution in [0.5, 0.6) is 0 Å². The quantitative estimate of drug-likeness (QED) is 0.121. The van der Waals surface area contributed by atoms with Gasteiger partial charge in [-0.05, 0) is 185 Å². The second-order valence-corrected chi connectivity index (χ2v) is 29.2. The third kappa shape index (κ3) is 11.0. The molecule has 2 aliphatic heterocycles. The van der Waals surface area contributed by atoms with Crippen molar-refractivity contribution < 1.29 is 0 Å². The Morgan fingerprint density at radius 3 is 1.07 bits per heavy atom. The molecule has 7 heteroatoms. The van der Waals surface area contributed by atoms with Gasteiger partial charge >= 0.3 is 0 Å². The van der Waals surface area contributed by atoms with E-state index in [4.69, 9.17) is 15.0 Å². The van der Waals surface area contributed by atoms with Crippen molar-refractivity contribution in [1.29, 1.82) is 0 Å². The minimum atomic E-state index is -0.152. The first-order chi connectivity index (χ1) is 49.8. The van der Waals surface area contributed by atoms with Gasteiger partial charge in [0.05, 0.1) is 16.7 Å². The van der Waals surface area contributed by atoms with Gasteiger partial charge in [-0.1, -0.05) is 284 Å². The Labute approximate surface area is 597 Å². The van der Waals surface area contributed by atoms with Crippen LogP contribution in [0, 0.1) is 0 Å². The Hall–Kier alpha value is -12.4. The normalized spacial score (nSPS) is 12.5. The van der Waals surface area contributed by atoms with E-state index >= 15 is 0 Å². The van der Waals surface area contributed by atoms with Crippen LogP contribution in [0.1, 0.15) is 52.7 Å². The maximum Gasteiger partial charge on any atom is 0.252 e. The van der Waals surface area contributed by atoms with E-state index in [2.05, 4.69) is 353 Å². The first kappa shape index (κ1) is 61.9. The highest BCUT2D eigenvalue weighted by atomic mass is 15.2. The standard InChI is InChI=1S/C95H73BN6/c1-94(2,3)74-46-49-86-81(60-74)96-82-61-75(95(4,5)6)47-50-87(82)101(77-55-71(64-33-17-9-18-34-64)52-72(56-77)65-35-19-10-20-36-65)89-59-73(58-88(90(89)96)100(86)76-53-69(62-29-13-7-14-30-62)51-70(54-76)63-31-15-8-16-32-63)68-45-48-85-80(57-68)78-41-25-27-43-83(78)102(85)84-44-28-26-42-79(84)93-98-91(66-37-21-11-22-38-66)97-92(99-93)67-39-23-12-24-40-67/h7-61H,1-6H3. The van der Waals surface area contributed by atoms with E-state index in [1.807, 2.05) is 36.4 Å². The van der Waals surface area contributed by atoms with Gasteiger partial charge in [0.15, 0.2) is 17.5 Å². The Kier molecular flexibility index (Phi) is 15.0. The van der Waals surface area contributed by atoms with Crippen molar-refractivity contribution in [2.24, 2.45) is 0 Å². The van der Waals surface area contributed by atoms with Gasteiger partial charge in [-0.3, -0.25) is 0 Å². The maximum absolute atomic E-state index is 5.30. The lowest BCUT2D eigenvalue weighted by atomic mass is 9.33. The molecule has 18 rings (SSSR count).